The molecule has 132 valence electrons. The van der Waals surface area contributed by atoms with Gasteiger partial charge in [0.1, 0.15) is 5.78 Å². The summed E-state index contributed by atoms with van der Waals surface area (Å²) in [5.74, 6) is -0.739. The van der Waals surface area contributed by atoms with Crippen molar-refractivity contribution in [1.82, 2.24) is 5.32 Å². The summed E-state index contributed by atoms with van der Waals surface area (Å²) in [6.07, 6.45) is -0.377. The molecule has 0 aliphatic heterocycles. The van der Waals surface area contributed by atoms with Gasteiger partial charge in [-0.3, -0.25) is 9.59 Å². The zero-order chi connectivity index (χ0) is 18.1. The van der Waals surface area contributed by atoms with Crippen LogP contribution in [-0.4, -0.2) is 34.5 Å². The molecule has 1 aromatic carbocycles. The highest BCUT2D eigenvalue weighted by Gasteiger charge is 2.57. The lowest BCUT2D eigenvalue weighted by atomic mass is 9.90. The Morgan fingerprint density at radius 2 is 1.88 bits per heavy atom. The zero-order valence-electron chi connectivity index (χ0n) is 14.8. The van der Waals surface area contributed by atoms with Gasteiger partial charge in [0, 0.05) is 0 Å². The maximum absolute atomic E-state index is 12.2. The maximum atomic E-state index is 12.2. The Kier molecular flexibility index (Phi) is 5.45. The van der Waals surface area contributed by atoms with Crippen LogP contribution in [0.4, 0.5) is 0 Å². The van der Waals surface area contributed by atoms with E-state index in [2.05, 4.69) is 5.32 Å². The van der Waals surface area contributed by atoms with E-state index >= 15 is 0 Å². The van der Waals surface area contributed by atoms with E-state index in [9.17, 15) is 14.7 Å². The van der Waals surface area contributed by atoms with Crippen LogP contribution in [-0.2, 0) is 9.59 Å². The van der Waals surface area contributed by atoms with Crippen LogP contribution in [0.25, 0.3) is 0 Å². The second kappa shape index (κ2) is 7.03. The second-order valence-electron chi connectivity index (χ2n) is 7.71. The fourth-order valence-corrected chi connectivity index (χ4v) is 3.18. The second-order valence-corrected chi connectivity index (χ2v) is 7.71. The first-order valence-electron chi connectivity index (χ1n) is 8.49. The SMILES string of the molecule is CC(C)C[C@H](N)C(=O)NC(C)(C)C(O)C1C(=O)C1c1ccccc1. The molecule has 3 unspecified atom stereocenters. The van der Waals surface area contributed by atoms with Crippen molar-refractivity contribution in [2.24, 2.45) is 17.6 Å². The molecule has 4 atom stereocenters. The Balaban J connectivity index is 2.02. The van der Waals surface area contributed by atoms with Gasteiger partial charge in [0.25, 0.3) is 0 Å². The molecular formula is C19H28N2O3. The number of hydrogen-bond donors (Lipinski definition) is 3. The minimum absolute atomic E-state index is 0.0162. The fraction of sp³-hybridized carbons (Fsp3) is 0.579. The van der Waals surface area contributed by atoms with Gasteiger partial charge in [-0.05, 0) is 31.7 Å². The van der Waals surface area contributed by atoms with Crippen molar-refractivity contribution >= 4 is 11.7 Å². The number of benzene rings is 1. The predicted molar refractivity (Wildman–Crippen MR) is 93.3 cm³/mol. The standard InChI is InChI=1S/C19H28N2O3/c1-11(2)10-13(20)18(24)21-19(3,4)17(23)15-14(16(15)22)12-8-6-5-7-9-12/h5-9,11,13-15,17,23H,10,20H2,1-4H3,(H,21,24)/t13-,14?,15?,17?/m0/s1. The maximum Gasteiger partial charge on any atom is 0.237 e. The van der Waals surface area contributed by atoms with Gasteiger partial charge in [0.2, 0.25) is 5.91 Å². The molecule has 1 aliphatic rings. The Hall–Kier alpha value is -1.72. The lowest BCUT2D eigenvalue weighted by Gasteiger charge is -2.33. The number of carbonyl (C=O) groups excluding carboxylic acids is 2. The monoisotopic (exact) mass is 332 g/mol. The molecule has 1 aliphatic carbocycles. The lowest BCUT2D eigenvalue weighted by Crippen LogP contribution is -2.57. The number of nitrogens with two attached hydrogens (primary N) is 1. The van der Waals surface area contributed by atoms with E-state index < -0.39 is 23.6 Å². The highest BCUT2D eigenvalue weighted by molar-refractivity contribution is 6.05. The average molecular weight is 332 g/mol. The molecule has 4 N–H and O–H groups in total. The van der Waals surface area contributed by atoms with E-state index in [0.29, 0.717) is 12.3 Å². The van der Waals surface area contributed by atoms with E-state index in [1.807, 2.05) is 44.2 Å². The summed E-state index contributed by atoms with van der Waals surface area (Å²) in [4.78, 5) is 24.4. The van der Waals surface area contributed by atoms with Crippen molar-refractivity contribution in [2.45, 2.75) is 57.7 Å². The van der Waals surface area contributed by atoms with Crippen LogP contribution in [0.15, 0.2) is 30.3 Å². The number of Topliss-reactive ketones (excluding diaryl/α,β-unsaturated/α-hetero) is 1. The van der Waals surface area contributed by atoms with Crippen molar-refractivity contribution in [3.63, 3.8) is 0 Å². The molecule has 1 aromatic rings. The number of ketones is 1. The van der Waals surface area contributed by atoms with Crippen LogP contribution in [0.1, 0.15) is 45.6 Å². The van der Waals surface area contributed by atoms with Crippen LogP contribution >= 0.6 is 0 Å². The Bertz CT molecular complexity index is 598. The van der Waals surface area contributed by atoms with Crippen molar-refractivity contribution in [1.29, 1.82) is 0 Å². The van der Waals surface area contributed by atoms with Crippen LogP contribution in [0.3, 0.4) is 0 Å². The largest absolute Gasteiger partial charge is 0.390 e. The van der Waals surface area contributed by atoms with E-state index in [1.54, 1.807) is 13.8 Å². The summed E-state index contributed by atoms with van der Waals surface area (Å²) in [5.41, 5.74) is 5.89. The number of hydrogen-bond acceptors (Lipinski definition) is 4. The number of amides is 1. The number of nitrogens with one attached hydrogen (secondary N) is 1. The third kappa shape index (κ3) is 4.02. The van der Waals surface area contributed by atoms with Crippen LogP contribution in [0, 0.1) is 11.8 Å². The minimum atomic E-state index is -0.953. The van der Waals surface area contributed by atoms with Gasteiger partial charge in [0.05, 0.1) is 29.5 Å². The smallest absolute Gasteiger partial charge is 0.237 e. The summed E-state index contributed by atoms with van der Waals surface area (Å²) in [7, 11) is 0. The summed E-state index contributed by atoms with van der Waals surface area (Å²) in [6.45, 7) is 7.46. The quantitative estimate of drug-likeness (QED) is 0.707. The first kappa shape index (κ1) is 18.6. The summed E-state index contributed by atoms with van der Waals surface area (Å²) < 4.78 is 0. The summed E-state index contributed by atoms with van der Waals surface area (Å²) >= 11 is 0. The molecule has 0 heterocycles. The Labute approximate surface area is 143 Å². The minimum Gasteiger partial charge on any atom is -0.390 e. The lowest BCUT2D eigenvalue weighted by molar-refractivity contribution is -0.126. The first-order valence-corrected chi connectivity index (χ1v) is 8.49. The predicted octanol–water partition coefficient (Wildman–Crippen LogP) is 1.60. The molecule has 1 saturated carbocycles. The molecule has 24 heavy (non-hydrogen) atoms. The van der Waals surface area contributed by atoms with Crippen LogP contribution in [0.2, 0.25) is 0 Å². The highest BCUT2D eigenvalue weighted by atomic mass is 16.3. The molecule has 0 aromatic heterocycles. The zero-order valence-corrected chi connectivity index (χ0v) is 14.8. The molecule has 5 nitrogen and oxygen atoms in total. The van der Waals surface area contributed by atoms with Crippen molar-refractivity contribution in [3.05, 3.63) is 35.9 Å². The molecule has 1 fully saturated rings. The normalized spacial score (nSPS) is 23.0. The van der Waals surface area contributed by atoms with Crippen LogP contribution < -0.4 is 11.1 Å². The number of carbonyl (C=O) groups is 2. The number of rotatable bonds is 7. The van der Waals surface area contributed by atoms with Crippen molar-refractivity contribution < 1.29 is 14.7 Å². The Morgan fingerprint density at radius 3 is 2.42 bits per heavy atom. The van der Waals surface area contributed by atoms with Gasteiger partial charge >= 0.3 is 0 Å². The molecule has 1 amide bonds. The molecule has 0 saturated heterocycles. The van der Waals surface area contributed by atoms with Gasteiger partial charge in [-0.2, -0.15) is 0 Å². The van der Waals surface area contributed by atoms with E-state index in [0.717, 1.165) is 5.56 Å². The third-order valence-corrected chi connectivity index (χ3v) is 4.63. The highest BCUT2D eigenvalue weighted by Crippen LogP contribution is 2.47. The van der Waals surface area contributed by atoms with E-state index in [1.165, 1.54) is 0 Å². The Morgan fingerprint density at radius 1 is 1.29 bits per heavy atom. The van der Waals surface area contributed by atoms with Gasteiger partial charge in [-0.15, -0.1) is 0 Å². The molecule has 0 bridgehead atoms. The van der Waals surface area contributed by atoms with Crippen molar-refractivity contribution in [3.8, 4) is 0 Å². The van der Waals surface area contributed by atoms with Crippen molar-refractivity contribution in [2.75, 3.05) is 0 Å². The third-order valence-electron chi connectivity index (χ3n) is 4.63. The van der Waals surface area contributed by atoms with Gasteiger partial charge in [0.15, 0.2) is 0 Å². The summed E-state index contributed by atoms with van der Waals surface area (Å²) in [6, 6.07) is 8.81. The molecule has 0 spiro atoms. The average Bonchev–Trinajstić information content (AvgIpc) is 3.17. The van der Waals surface area contributed by atoms with Gasteiger partial charge < -0.3 is 16.2 Å². The van der Waals surface area contributed by atoms with Gasteiger partial charge in [-0.25, -0.2) is 0 Å². The fourth-order valence-electron chi connectivity index (χ4n) is 3.18. The number of aliphatic hydroxyl groups excluding tert-OH is 1. The summed E-state index contributed by atoms with van der Waals surface area (Å²) in [5, 5.41) is 13.5. The van der Waals surface area contributed by atoms with Gasteiger partial charge in [-0.1, -0.05) is 44.2 Å². The number of aliphatic hydroxyl groups is 1. The molecular weight excluding hydrogens is 304 g/mol. The molecule has 5 heteroatoms. The van der Waals surface area contributed by atoms with E-state index in [4.69, 9.17) is 5.73 Å². The topological polar surface area (TPSA) is 92.4 Å². The molecule has 2 rings (SSSR count). The first-order chi connectivity index (χ1) is 11.1. The van der Waals surface area contributed by atoms with E-state index in [-0.39, 0.29) is 17.6 Å². The van der Waals surface area contributed by atoms with Crippen LogP contribution in [0.5, 0.6) is 0 Å². The molecule has 0 radical (unpaired) electrons.